The largest absolute Gasteiger partial charge is 0.309 e. The van der Waals surface area contributed by atoms with E-state index >= 15 is 0 Å². The van der Waals surface area contributed by atoms with Crippen molar-refractivity contribution in [1.29, 1.82) is 0 Å². The van der Waals surface area contributed by atoms with Crippen LogP contribution in [0.3, 0.4) is 0 Å². The summed E-state index contributed by atoms with van der Waals surface area (Å²) in [5.41, 5.74) is 5.07. The average molecular weight is 659 g/mol. The minimum Gasteiger partial charge on any atom is -0.309 e. The minimum absolute atomic E-state index is 0.166. The molecule has 0 aliphatic carbocycles. The first-order chi connectivity index (χ1) is 28.7. The number of benzene rings is 7. The van der Waals surface area contributed by atoms with E-state index in [1.807, 2.05) is 124 Å². The van der Waals surface area contributed by atoms with Crippen molar-refractivity contribution in [3.63, 3.8) is 0 Å². The van der Waals surface area contributed by atoms with Crippen molar-refractivity contribution < 1.29 is 11.0 Å². The van der Waals surface area contributed by atoms with Gasteiger partial charge in [-0.3, -0.25) is 9.13 Å². The number of hydrogen-bond donors (Lipinski definition) is 0. The number of pyridine rings is 1. The van der Waals surface area contributed by atoms with E-state index < -0.39 is 6.04 Å². The second-order valence-electron chi connectivity index (χ2n) is 12.6. The fourth-order valence-electron chi connectivity index (χ4n) is 7.80. The molecule has 0 radical (unpaired) electrons. The molecule has 4 aromatic heterocycles. The fourth-order valence-corrected chi connectivity index (χ4v) is 7.80. The van der Waals surface area contributed by atoms with E-state index in [9.17, 15) is 4.11 Å². The Bertz CT molecular complexity index is 3510. The standard InChI is InChI=1S/C47H30N4/c1-8-22-39(49-40-23-9-2-16-33(40)34-17-3-10-24-41(34)49)32(15-1)31-29-46(50-42-25-11-4-18-35(42)36-19-5-12-26-43(36)50)48-47(30-31)51-44-27-13-6-20-37(44)38-21-7-14-28-45(38)51/h1-30H/i1D,4D,8D,11D,15D,18D,22D,25D. The Morgan fingerprint density at radius 2 is 0.765 bits per heavy atom. The molecular weight excluding hydrogens is 621 g/mol. The third-order valence-electron chi connectivity index (χ3n) is 9.90. The SMILES string of the molecule is [2H]c1c([2H])c([2H])c(-n2c3ccccc3c3ccccc32)c(-c2cc(-n3c4ccccc4c4ccccc43)nc(-n3c4ccccc4c4c([2H])c([2H])c([2H])c([2H])c43)c2)c1[2H]. The molecule has 51 heavy (non-hydrogen) atoms. The van der Waals surface area contributed by atoms with Gasteiger partial charge in [0.05, 0.1) is 49.8 Å². The van der Waals surface area contributed by atoms with Crippen LogP contribution in [0.2, 0.25) is 0 Å². The second kappa shape index (κ2) is 10.8. The molecule has 0 aliphatic heterocycles. The molecule has 0 atom stereocenters. The molecule has 0 saturated carbocycles. The van der Waals surface area contributed by atoms with Gasteiger partial charge in [0.2, 0.25) is 0 Å². The fraction of sp³-hybridized carbons (Fsp3) is 0. The molecule has 0 bridgehead atoms. The summed E-state index contributed by atoms with van der Waals surface area (Å²) in [5.74, 6) is 0.749. The highest BCUT2D eigenvalue weighted by Crippen LogP contribution is 2.39. The quantitative estimate of drug-likeness (QED) is 0.185. The lowest BCUT2D eigenvalue weighted by Crippen LogP contribution is -2.05. The molecule has 0 N–H and O–H groups in total. The van der Waals surface area contributed by atoms with Crippen molar-refractivity contribution >= 4 is 65.4 Å². The van der Waals surface area contributed by atoms with Crippen molar-refractivity contribution in [3.8, 4) is 28.5 Å². The molecule has 4 nitrogen and oxygen atoms in total. The van der Waals surface area contributed by atoms with Crippen LogP contribution in [0.4, 0.5) is 0 Å². The predicted molar refractivity (Wildman–Crippen MR) is 213 cm³/mol. The van der Waals surface area contributed by atoms with Crippen LogP contribution in [-0.4, -0.2) is 18.7 Å². The average Bonchev–Trinajstić information content (AvgIpc) is 3.91. The summed E-state index contributed by atoms with van der Waals surface area (Å²) in [6.07, 6.45) is 0. The molecule has 0 saturated heterocycles. The van der Waals surface area contributed by atoms with Gasteiger partial charge in [0.15, 0.2) is 0 Å². The second-order valence-corrected chi connectivity index (χ2v) is 12.6. The molecule has 238 valence electrons. The predicted octanol–water partition coefficient (Wildman–Crippen LogP) is 12.0. The summed E-state index contributed by atoms with van der Waals surface area (Å²) in [4.78, 5) is 5.33. The first-order valence-corrected chi connectivity index (χ1v) is 16.8. The summed E-state index contributed by atoms with van der Waals surface area (Å²) < 4.78 is 78.4. The highest BCUT2D eigenvalue weighted by atomic mass is 15.1. The van der Waals surface area contributed by atoms with E-state index in [2.05, 4.69) is 12.1 Å². The van der Waals surface area contributed by atoms with Crippen LogP contribution in [0.5, 0.6) is 0 Å². The van der Waals surface area contributed by atoms with Crippen molar-refractivity contribution in [2.45, 2.75) is 0 Å². The molecular formula is C47H30N4. The smallest absolute Gasteiger partial charge is 0.140 e. The monoisotopic (exact) mass is 658 g/mol. The van der Waals surface area contributed by atoms with Crippen LogP contribution in [0.15, 0.2) is 182 Å². The molecule has 0 spiro atoms. The topological polar surface area (TPSA) is 27.7 Å². The van der Waals surface area contributed by atoms with Crippen LogP contribution in [0.1, 0.15) is 11.0 Å². The zero-order valence-corrected chi connectivity index (χ0v) is 27.0. The maximum absolute atomic E-state index is 9.62. The number of rotatable bonds is 4. The van der Waals surface area contributed by atoms with E-state index in [4.69, 9.17) is 11.8 Å². The highest BCUT2D eigenvalue weighted by molar-refractivity contribution is 6.11. The molecule has 0 fully saturated rings. The maximum atomic E-state index is 9.62. The van der Waals surface area contributed by atoms with Gasteiger partial charge < -0.3 is 4.57 Å². The van der Waals surface area contributed by atoms with Gasteiger partial charge in [-0.25, -0.2) is 4.98 Å². The summed E-state index contributed by atoms with van der Waals surface area (Å²) in [6, 6.07) is 40.3. The Kier molecular flexibility index (Phi) is 4.49. The minimum atomic E-state index is -0.391. The summed E-state index contributed by atoms with van der Waals surface area (Å²) in [5, 5.41) is 4.83. The van der Waals surface area contributed by atoms with Gasteiger partial charge >= 0.3 is 0 Å². The zero-order valence-electron chi connectivity index (χ0n) is 35.0. The molecule has 4 heteroatoms. The van der Waals surface area contributed by atoms with Gasteiger partial charge in [0.25, 0.3) is 0 Å². The lowest BCUT2D eigenvalue weighted by Gasteiger charge is -2.17. The molecule has 7 aromatic carbocycles. The number of aromatic nitrogens is 4. The summed E-state index contributed by atoms with van der Waals surface area (Å²) in [6.45, 7) is 0. The third kappa shape index (κ3) is 4.05. The number of fused-ring (bicyclic) bond motifs is 9. The number of hydrogen-bond acceptors (Lipinski definition) is 1. The van der Waals surface area contributed by atoms with Crippen molar-refractivity contribution in [3.05, 3.63) is 182 Å². The summed E-state index contributed by atoms with van der Waals surface area (Å²) in [7, 11) is 0. The molecule has 4 heterocycles. The van der Waals surface area contributed by atoms with Crippen LogP contribution in [-0.2, 0) is 0 Å². The van der Waals surface area contributed by atoms with Crippen LogP contribution in [0, 0.1) is 0 Å². The van der Waals surface area contributed by atoms with Crippen molar-refractivity contribution in [2.24, 2.45) is 0 Å². The van der Waals surface area contributed by atoms with E-state index in [0.717, 1.165) is 43.6 Å². The molecule has 11 aromatic rings. The normalized spacial score (nSPS) is 14.1. The molecule has 0 aliphatic rings. The lowest BCUT2D eigenvalue weighted by atomic mass is 10.0. The highest BCUT2D eigenvalue weighted by Gasteiger charge is 2.20. The first-order valence-electron chi connectivity index (χ1n) is 20.8. The van der Waals surface area contributed by atoms with Crippen molar-refractivity contribution in [1.82, 2.24) is 18.7 Å². The number of para-hydroxylation sites is 7. The van der Waals surface area contributed by atoms with Crippen LogP contribution < -0.4 is 0 Å². The van der Waals surface area contributed by atoms with Gasteiger partial charge in [-0.1, -0.05) is 127 Å². The zero-order chi connectivity index (χ0) is 40.4. The van der Waals surface area contributed by atoms with E-state index in [1.54, 1.807) is 10.6 Å². The van der Waals surface area contributed by atoms with E-state index in [0.29, 0.717) is 33.5 Å². The molecule has 11 rings (SSSR count). The first kappa shape index (κ1) is 21.2. The van der Waals surface area contributed by atoms with Crippen molar-refractivity contribution in [2.75, 3.05) is 0 Å². The Labute approximate surface area is 304 Å². The third-order valence-corrected chi connectivity index (χ3v) is 9.90. The Morgan fingerprint density at radius 3 is 1.29 bits per heavy atom. The molecule has 0 amide bonds. The van der Waals surface area contributed by atoms with E-state index in [-0.39, 0.29) is 59.1 Å². The van der Waals surface area contributed by atoms with Crippen LogP contribution >= 0.6 is 0 Å². The van der Waals surface area contributed by atoms with Gasteiger partial charge in [0, 0.05) is 37.9 Å². The van der Waals surface area contributed by atoms with Gasteiger partial charge in [-0.2, -0.15) is 0 Å². The molecule has 0 unspecified atom stereocenters. The number of nitrogens with zero attached hydrogens (tertiary/aromatic N) is 4. The van der Waals surface area contributed by atoms with Gasteiger partial charge in [-0.15, -0.1) is 0 Å². The lowest BCUT2D eigenvalue weighted by molar-refractivity contribution is 1.01. The Hall–Kier alpha value is -6.91. The van der Waals surface area contributed by atoms with E-state index in [1.165, 1.54) is 0 Å². The van der Waals surface area contributed by atoms with Crippen LogP contribution in [0.25, 0.3) is 93.9 Å². The maximum Gasteiger partial charge on any atom is 0.140 e. The van der Waals surface area contributed by atoms with Gasteiger partial charge in [0.1, 0.15) is 11.6 Å². The Morgan fingerprint density at radius 1 is 0.373 bits per heavy atom. The summed E-state index contributed by atoms with van der Waals surface area (Å²) >= 11 is 0. The van der Waals surface area contributed by atoms with Gasteiger partial charge in [-0.05, 0) is 60.1 Å². The Balaban J connectivity index is 1.35.